The van der Waals surface area contributed by atoms with Gasteiger partial charge < -0.3 is 18.8 Å². The van der Waals surface area contributed by atoms with E-state index in [0.717, 1.165) is 0 Å². The van der Waals surface area contributed by atoms with Gasteiger partial charge in [-0.2, -0.15) is 8.78 Å². The smallest absolute Gasteiger partial charge is 0.332 e. The first-order valence-corrected chi connectivity index (χ1v) is 23.5. The van der Waals surface area contributed by atoms with Crippen LogP contribution in [0.1, 0.15) is 77.0 Å². The average Bonchev–Trinajstić information content (AvgIpc) is 3.88. The summed E-state index contributed by atoms with van der Waals surface area (Å²) in [5.74, 6) is 0. The van der Waals surface area contributed by atoms with Crippen LogP contribution in [-0.4, -0.2) is 175 Å². The summed E-state index contributed by atoms with van der Waals surface area (Å²) in [6, 6.07) is 0. The van der Waals surface area contributed by atoms with Crippen LogP contribution in [-0.2, 0) is 38.8 Å². The van der Waals surface area contributed by atoms with Crippen LogP contribution in [0, 0.1) is 0 Å². The molecule has 0 amide bonds. The molecule has 0 aromatic heterocycles. The predicted octanol–water partition coefficient (Wildman–Crippen LogP) is 0.0508. The zero-order valence-corrected chi connectivity index (χ0v) is 35.1. The van der Waals surface area contributed by atoms with E-state index in [0.29, 0.717) is 0 Å². The third-order valence-electron chi connectivity index (χ3n) is 8.99. The fraction of sp³-hybridized carbons (Fsp3) is 1.00. The van der Waals surface area contributed by atoms with E-state index in [-0.39, 0.29) is 34.4 Å². The fourth-order valence-electron chi connectivity index (χ4n) is 7.09. The van der Waals surface area contributed by atoms with Gasteiger partial charge in [0, 0.05) is 121 Å². The molecule has 6 heterocycles. The Bertz CT molecular complexity index is 747. The van der Waals surface area contributed by atoms with E-state index in [4.69, 9.17) is 0 Å². The zero-order valence-electron chi connectivity index (χ0n) is 31.7. The van der Waals surface area contributed by atoms with Crippen molar-refractivity contribution in [3.63, 3.8) is 0 Å². The zero-order chi connectivity index (χ0) is 36.7. The lowest BCUT2D eigenvalue weighted by Gasteiger charge is -2.53. The van der Waals surface area contributed by atoms with Crippen LogP contribution in [0.3, 0.4) is 0 Å². The van der Waals surface area contributed by atoms with Crippen molar-refractivity contribution in [1.29, 1.82) is 0 Å². The molecule has 6 saturated heterocycles. The molecule has 13 nitrogen and oxygen atoms in total. The van der Waals surface area contributed by atoms with Crippen molar-refractivity contribution in [2.24, 2.45) is 0 Å². The number of halogens is 2. The van der Waals surface area contributed by atoms with Crippen LogP contribution >= 0.6 is 0 Å². The van der Waals surface area contributed by atoms with Gasteiger partial charge in [-0.15, -0.1) is 9.05 Å². The van der Waals surface area contributed by atoms with Crippen molar-refractivity contribution in [3.8, 4) is 0 Å². The minimum absolute atomic E-state index is 0.273. The second kappa shape index (κ2) is 23.5. The van der Waals surface area contributed by atoms with E-state index in [2.05, 4.69) is 85.5 Å². The Morgan fingerprint density at radius 3 is 0.660 bits per heavy atom. The number of hydrogen-bond donors (Lipinski definition) is 0. The molecule has 6 fully saturated rings. The minimum atomic E-state index is -5.72. The summed E-state index contributed by atoms with van der Waals surface area (Å²) in [6.45, 7) is 12.1. The van der Waals surface area contributed by atoms with Crippen LogP contribution in [0.2, 0.25) is 0 Å². The van der Waals surface area contributed by atoms with Crippen molar-refractivity contribution in [2.45, 2.75) is 83.7 Å². The Labute approximate surface area is 313 Å². The summed E-state index contributed by atoms with van der Waals surface area (Å²) in [4.78, 5) is 27.7. The molecule has 0 aliphatic carbocycles. The quantitative estimate of drug-likeness (QED) is 0.208. The standard InChI is InChI=1S/3C10H22N3S.CHF2O4Si/c3*1-11(2)14(12-7-3-4-8-12)13-9-5-6-10-13;2-1(3)7-8(4,5)6/h3*3-10H2,1-2H3;1H/q3*+1;-3. The lowest BCUT2D eigenvalue weighted by molar-refractivity contribution is -0.549. The number of hydrogen-bond acceptors (Lipinski definition) is 13. The van der Waals surface area contributed by atoms with Gasteiger partial charge in [-0.3, -0.25) is 0 Å². The van der Waals surface area contributed by atoms with E-state index >= 15 is 0 Å². The van der Waals surface area contributed by atoms with Crippen LogP contribution in [0.15, 0.2) is 0 Å². The predicted molar refractivity (Wildman–Crippen MR) is 201 cm³/mol. The van der Waals surface area contributed by atoms with Gasteiger partial charge in [-0.25, -0.2) is 0 Å². The van der Waals surface area contributed by atoms with Crippen LogP contribution in [0.4, 0.5) is 8.78 Å². The highest BCUT2D eigenvalue weighted by molar-refractivity contribution is 7.90. The Morgan fingerprint density at radius 2 is 0.580 bits per heavy atom. The first kappa shape index (κ1) is 45.0. The molecule has 0 aromatic carbocycles. The molecular weight excluding hydrogens is 725 g/mol. The maximum atomic E-state index is 10.7. The molecule has 0 bridgehead atoms. The SMILES string of the molecule is CN(C)[S+](N1CCCC1)N1CCCC1.CN(C)[S+](N1CCCC1)N1CCCC1.CN(C)[S+](N1CCCC1)N1CCCC1.[O-][Si]([O-])([O-])OC(F)F. The Morgan fingerprint density at radius 1 is 0.420 bits per heavy atom. The van der Waals surface area contributed by atoms with E-state index in [1.165, 1.54) is 156 Å². The van der Waals surface area contributed by atoms with E-state index < -0.39 is 15.7 Å². The molecule has 0 radical (unpaired) electrons. The van der Waals surface area contributed by atoms with Crippen molar-refractivity contribution < 1.29 is 27.6 Å². The first-order valence-electron chi connectivity index (χ1n) is 18.6. The van der Waals surface area contributed by atoms with Crippen LogP contribution in [0.5, 0.6) is 0 Å². The highest BCUT2D eigenvalue weighted by atomic mass is 32.2. The molecule has 50 heavy (non-hydrogen) atoms. The van der Waals surface area contributed by atoms with Gasteiger partial charge in [-0.05, 0) is 77.0 Å². The van der Waals surface area contributed by atoms with Gasteiger partial charge in [0.1, 0.15) is 0 Å². The monoisotopic (exact) mass is 791 g/mol. The lowest BCUT2D eigenvalue weighted by Crippen LogP contribution is -2.75. The molecule has 0 unspecified atom stereocenters. The van der Waals surface area contributed by atoms with Gasteiger partial charge in [-0.1, -0.05) is 38.7 Å². The van der Waals surface area contributed by atoms with E-state index in [1.807, 2.05) is 0 Å². The molecule has 6 aliphatic heterocycles. The molecule has 0 spiro atoms. The maximum Gasteiger partial charge on any atom is 0.332 e. The second-order valence-corrected chi connectivity index (χ2v) is 21.9. The second-order valence-electron chi connectivity index (χ2n) is 13.9. The van der Waals surface area contributed by atoms with Gasteiger partial charge in [0.15, 0.2) is 0 Å². The molecule has 0 N–H and O–H groups in total. The normalized spacial score (nSPS) is 23.6. The summed E-state index contributed by atoms with van der Waals surface area (Å²) in [5, 5.41) is 0. The molecule has 19 heteroatoms. The topological polar surface area (TPSA) is 108 Å². The summed E-state index contributed by atoms with van der Waals surface area (Å²) in [6.07, 6.45) is 16.7. The summed E-state index contributed by atoms with van der Waals surface area (Å²) in [7, 11) is 7.61. The molecule has 296 valence electrons. The Kier molecular flexibility index (Phi) is 21.2. The van der Waals surface area contributed by atoms with Gasteiger partial charge in [0.05, 0.1) is 0 Å². The first-order chi connectivity index (χ1) is 23.8. The maximum absolute atomic E-state index is 10.7. The lowest BCUT2D eigenvalue weighted by atomic mass is 10.4. The molecular formula is C31H67F2N9O4S3Si. The summed E-state index contributed by atoms with van der Waals surface area (Å²) in [5.41, 5.74) is 0. The van der Waals surface area contributed by atoms with E-state index in [1.54, 1.807) is 0 Å². The van der Waals surface area contributed by atoms with Crippen LogP contribution in [0.25, 0.3) is 0 Å². The molecule has 0 saturated carbocycles. The number of rotatable bonds is 11. The Balaban J connectivity index is 0.000000184. The molecule has 6 rings (SSSR count). The van der Waals surface area contributed by atoms with Gasteiger partial charge in [0.2, 0.25) is 0 Å². The van der Waals surface area contributed by atoms with Crippen LogP contribution < -0.4 is 14.4 Å². The van der Waals surface area contributed by atoms with Gasteiger partial charge in [0.25, 0.3) is 34.4 Å². The third kappa shape index (κ3) is 15.8. The van der Waals surface area contributed by atoms with Crippen molar-refractivity contribution >= 4 is 43.4 Å². The third-order valence-corrected chi connectivity index (χ3v) is 16.4. The summed E-state index contributed by atoms with van der Waals surface area (Å²) >= 11 is 0.819. The van der Waals surface area contributed by atoms with E-state index in [9.17, 15) is 23.2 Å². The highest BCUT2D eigenvalue weighted by Gasteiger charge is 2.44. The largest absolute Gasteiger partial charge is 0.861 e. The minimum Gasteiger partial charge on any atom is -0.861 e. The molecule has 0 atom stereocenters. The fourth-order valence-corrected chi connectivity index (χ4v) is 14.6. The summed E-state index contributed by atoms with van der Waals surface area (Å²) < 4.78 is 47.2. The van der Waals surface area contributed by atoms with Crippen molar-refractivity contribution in [2.75, 3.05) is 121 Å². The average molecular weight is 792 g/mol. The molecule has 6 aliphatic rings. The Hall–Kier alpha value is 0.607. The highest BCUT2D eigenvalue weighted by Crippen LogP contribution is 2.26. The number of alkyl halides is 2. The number of nitrogens with zero attached hydrogens (tertiary/aromatic N) is 9. The van der Waals surface area contributed by atoms with Crippen molar-refractivity contribution in [1.82, 2.24) is 38.7 Å². The van der Waals surface area contributed by atoms with Gasteiger partial charge >= 0.3 is 6.61 Å². The van der Waals surface area contributed by atoms with Crippen molar-refractivity contribution in [3.05, 3.63) is 0 Å². The molecule has 0 aromatic rings.